The zero-order chi connectivity index (χ0) is 67.9. The molecular formula is C84H114N4O2S8. The van der Waals surface area contributed by atoms with Crippen molar-refractivity contribution < 1.29 is 9.59 Å². The van der Waals surface area contributed by atoms with E-state index in [2.05, 4.69) is 121 Å². The van der Waals surface area contributed by atoms with Crippen LogP contribution in [-0.4, -0.2) is 44.7 Å². The lowest BCUT2D eigenvalue weighted by Crippen LogP contribution is -2.34. The highest BCUT2D eigenvalue weighted by Crippen LogP contribution is 2.52. The van der Waals surface area contributed by atoms with Crippen LogP contribution in [0.2, 0.25) is 0 Å². The van der Waals surface area contributed by atoms with Gasteiger partial charge in [0, 0.05) is 64.5 Å². The molecule has 0 saturated heterocycles. The van der Waals surface area contributed by atoms with Gasteiger partial charge in [-0.05, 0) is 109 Å². The highest BCUT2D eigenvalue weighted by molar-refractivity contribution is 7.29. The van der Waals surface area contributed by atoms with Crippen LogP contribution in [0.3, 0.4) is 0 Å². The molecule has 2 aliphatic heterocycles. The molecule has 2 atom stereocenters. The molecule has 2 amide bonds. The molecule has 2 aliphatic rings. The zero-order valence-corrected chi connectivity index (χ0v) is 66.5. The van der Waals surface area contributed by atoms with Gasteiger partial charge in [-0.25, -0.2) is 9.97 Å². The Bertz CT molecular complexity index is 3380. The standard InChI is InChI=1S/C84H114N4O2S8/c1-5-9-13-17-21-25-27-31-35-39-45-63(43-37-33-29-23-19-15-11-7-3)61-87-79(75-59-85-81(97-75)73-55-53-71(95-73)69-51-49-67(93-69)65-47-41-57-91-65)77-78(83(87)89)80(76-60-86-82(98-76)74-56-54-72(96-74)70-52-50-68(94-70)66-48-42-58-92-66)88(84(77)90)62-64(44-38-34-30-24-20-16-12-8-4)46-40-36-32-28-26-22-18-14-10-6-2/h41-42,47-60,63-64H,5-40,43-46,61-62H2,1-4H3. The summed E-state index contributed by atoms with van der Waals surface area (Å²) >= 11 is 14.2. The number of amides is 2. The van der Waals surface area contributed by atoms with Crippen LogP contribution in [0.15, 0.2) is 107 Å². The minimum absolute atomic E-state index is 0.0145. The monoisotopic (exact) mass is 1470 g/mol. The van der Waals surface area contributed by atoms with Crippen molar-refractivity contribution in [3.8, 4) is 58.8 Å². The number of carbonyl (C=O) groups excluding carboxylic acids is 2. The maximum atomic E-state index is 16.5. The zero-order valence-electron chi connectivity index (χ0n) is 60.0. The molecule has 8 aromatic heterocycles. The summed E-state index contributed by atoms with van der Waals surface area (Å²) < 4.78 is 0. The van der Waals surface area contributed by atoms with Crippen LogP contribution in [0.4, 0.5) is 0 Å². The average molecular weight is 1470 g/mol. The molecule has 0 N–H and O–H groups in total. The summed E-state index contributed by atoms with van der Waals surface area (Å²) in [5, 5.41) is 6.17. The van der Waals surface area contributed by atoms with E-state index in [9.17, 15) is 0 Å². The summed E-state index contributed by atoms with van der Waals surface area (Å²) in [5.74, 6) is 0.609. The predicted molar refractivity (Wildman–Crippen MR) is 436 cm³/mol. The second-order valence-corrected chi connectivity index (χ2v) is 36.4. The molecule has 530 valence electrons. The third-order valence-corrected chi connectivity index (χ3v) is 29.5. The van der Waals surface area contributed by atoms with E-state index in [4.69, 9.17) is 9.97 Å². The summed E-state index contributed by atoms with van der Waals surface area (Å²) in [6, 6.07) is 26.6. The molecule has 10 heterocycles. The number of rotatable bonds is 52. The second-order valence-electron chi connectivity index (χ2n) is 28.1. The van der Waals surface area contributed by atoms with E-state index in [-0.39, 0.29) is 11.8 Å². The Balaban J connectivity index is 0.994. The lowest BCUT2D eigenvalue weighted by atomic mass is 9.93. The van der Waals surface area contributed by atoms with E-state index >= 15 is 9.59 Å². The van der Waals surface area contributed by atoms with Crippen LogP contribution in [0.1, 0.15) is 294 Å². The lowest BCUT2D eigenvalue weighted by molar-refractivity contribution is -0.124. The van der Waals surface area contributed by atoms with Crippen molar-refractivity contribution in [3.63, 3.8) is 0 Å². The van der Waals surface area contributed by atoms with Crippen molar-refractivity contribution >= 4 is 114 Å². The van der Waals surface area contributed by atoms with Gasteiger partial charge in [0.05, 0.1) is 42.0 Å². The van der Waals surface area contributed by atoms with Gasteiger partial charge in [0.25, 0.3) is 11.8 Å². The molecule has 0 aromatic carbocycles. The number of fused-ring (bicyclic) bond motifs is 1. The van der Waals surface area contributed by atoms with Crippen LogP contribution in [0.25, 0.3) is 70.2 Å². The summed E-state index contributed by atoms with van der Waals surface area (Å²) in [7, 11) is 0. The summed E-state index contributed by atoms with van der Waals surface area (Å²) in [5.41, 5.74) is 2.76. The fourth-order valence-corrected chi connectivity index (χ4v) is 22.6. The van der Waals surface area contributed by atoms with Crippen LogP contribution in [-0.2, 0) is 9.59 Å². The average Bonchev–Trinajstić information content (AvgIpc) is 1.55. The normalized spacial score (nSPS) is 14.0. The van der Waals surface area contributed by atoms with E-state index in [1.54, 1.807) is 68.0 Å². The number of thiophene rings is 6. The molecule has 2 unspecified atom stereocenters. The Morgan fingerprint density at radius 1 is 0.296 bits per heavy atom. The van der Waals surface area contributed by atoms with Crippen molar-refractivity contribution in [1.82, 2.24) is 19.8 Å². The molecule has 6 nitrogen and oxygen atoms in total. The number of carbonyl (C=O) groups is 2. The first-order valence-corrected chi connectivity index (χ1v) is 45.5. The number of thiazole rings is 2. The van der Waals surface area contributed by atoms with Crippen molar-refractivity contribution in [2.45, 2.75) is 285 Å². The third-order valence-electron chi connectivity index (χ3n) is 20.3. The van der Waals surface area contributed by atoms with Crippen LogP contribution in [0, 0.1) is 11.8 Å². The van der Waals surface area contributed by atoms with Crippen molar-refractivity contribution in [2.24, 2.45) is 11.8 Å². The van der Waals surface area contributed by atoms with E-state index < -0.39 is 0 Å². The van der Waals surface area contributed by atoms with Gasteiger partial charge in [-0.2, -0.15) is 0 Å². The first kappa shape index (κ1) is 76.5. The van der Waals surface area contributed by atoms with Crippen molar-refractivity contribution in [2.75, 3.05) is 13.1 Å². The Labute approximate surface area is 623 Å². The van der Waals surface area contributed by atoms with Gasteiger partial charge in [-0.1, -0.05) is 271 Å². The highest BCUT2D eigenvalue weighted by atomic mass is 32.1. The van der Waals surface area contributed by atoms with Gasteiger partial charge in [0.15, 0.2) is 0 Å². The van der Waals surface area contributed by atoms with E-state index in [0.29, 0.717) is 36.1 Å². The van der Waals surface area contributed by atoms with Gasteiger partial charge in [-0.15, -0.1) is 90.7 Å². The maximum Gasteiger partial charge on any atom is 0.261 e. The SMILES string of the molecule is CCCCCCCCCCCCC(CCCCCCCCCC)CN1C(=O)C2=C(c3cnc(-c4ccc(-c5ccc(-c6cccs6)s5)s4)s3)N(CC(CCCCCCCCCC)CCCCCCCCCCCC)C(=O)C2=C1c1cnc(-c2ccc(-c3ccc(-c4cccs4)s3)s2)s1. The quantitative estimate of drug-likeness (QED) is 0.0356. The number of nitrogens with zero attached hydrogens (tertiary/aromatic N) is 4. The first-order chi connectivity index (χ1) is 48.3. The van der Waals surface area contributed by atoms with Crippen LogP contribution in [0.5, 0.6) is 0 Å². The smallest absolute Gasteiger partial charge is 0.261 e. The Hall–Kier alpha value is -4.12. The summed E-state index contributed by atoms with van der Waals surface area (Å²) in [4.78, 5) is 61.9. The molecular weight excluding hydrogens is 1350 g/mol. The molecule has 8 aromatic rings. The second kappa shape index (κ2) is 42.5. The largest absolute Gasteiger partial charge is 0.306 e. The topological polar surface area (TPSA) is 66.4 Å². The van der Waals surface area contributed by atoms with E-state index in [1.165, 1.54) is 270 Å². The van der Waals surface area contributed by atoms with E-state index in [0.717, 1.165) is 66.6 Å². The fraction of sp³-hybridized carbons (Fsp3) is 0.571. The fourth-order valence-electron chi connectivity index (χ4n) is 14.6. The number of hydrogen-bond acceptors (Lipinski definition) is 12. The first-order valence-electron chi connectivity index (χ1n) is 38.9. The predicted octanol–water partition coefficient (Wildman–Crippen LogP) is 29.7. The van der Waals surface area contributed by atoms with Gasteiger partial charge in [0.2, 0.25) is 0 Å². The van der Waals surface area contributed by atoms with Gasteiger partial charge >= 0.3 is 0 Å². The van der Waals surface area contributed by atoms with Crippen molar-refractivity contribution in [3.05, 3.63) is 117 Å². The van der Waals surface area contributed by atoms with Crippen LogP contribution < -0.4 is 0 Å². The minimum Gasteiger partial charge on any atom is -0.306 e. The molecule has 0 fully saturated rings. The molecule has 0 spiro atoms. The molecule has 0 radical (unpaired) electrons. The maximum absolute atomic E-state index is 16.5. The third kappa shape index (κ3) is 22.4. The molecule has 0 saturated carbocycles. The van der Waals surface area contributed by atoms with Gasteiger partial charge < -0.3 is 9.80 Å². The number of unbranched alkanes of at least 4 members (excludes halogenated alkanes) is 32. The Morgan fingerprint density at radius 2 is 0.551 bits per heavy atom. The molecule has 98 heavy (non-hydrogen) atoms. The van der Waals surface area contributed by atoms with Gasteiger partial charge in [0.1, 0.15) is 10.0 Å². The van der Waals surface area contributed by atoms with Crippen molar-refractivity contribution in [1.29, 1.82) is 0 Å². The molecule has 10 rings (SSSR count). The van der Waals surface area contributed by atoms with Gasteiger partial charge in [-0.3, -0.25) is 9.59 Å². The highest BCUT2D eigenvalue weighted by Gasteiger charge is 2.50. The number of aromatic nitrogens is 2. The van der Waals surface area contributed by atoms with Crippen LogP contribution >= 0.6 is 90.7 Å². The minimum atomic E-state index is -0.0145. The summed E-state index contributed by atoms with van der Waals surface area (Å²) in [6.07, 6.45) is 55.0. The Morgan fingerprint density at radius 3 is 0.827 bits per heavy atom. The Kier molecular flexibility index (Phi) is 33.2. The lowest BCUT2D eigenvalue weighted by Gasteiger charge is -2.29. The van der Waals surface area contributed by atoms with E-state index in [1.807, 2.05) is 35.1 Å². The molecule has 0 aliphatic carbocycles. The summed E-state index contributed by atoms with van der Waals surface area (Å²) in [6.45, 7) is 10.4. The number of hydrogen-bond donors (Lipinski definition) is 0. The molecule has 14 heteroatoms. The molecule has 0 bridgehead atoms.